The molecule has 1 atom stereocenters. The Labute approximate surface area is 167 Å². The summed E-state index contributed by atoms with van der Waals surface area (Å²) in [6, 6.07) is 6.80. The summed E-state index contributed by atoms with van der Waals surface area (Å²) in [5.41, 5.74) is 2.23. The Morgan fingerprint density at radius 3 is 2.75 bits per heavy atom. The molecule has 0 spiro atoms. The van der Waals surface area contributed by atoms with E-state index in [0.717, 1.165) is 11.1 Å². The van der Waals surface area contributed by atoms with E-state index >= 15 is 0 Å². The molecule has 28 heavy (non-hydrogen) atoms. The fourth-order valence-electron chi connectivity index (χ4n) is 2.94. The first-order chi connectivity index (χ1) is 13.4. The summed E-state index contributed by atoms with van der Waals surface area (Å²) in [6.45, 7) is 7.32. The number of hydrogen-bond donors (Lipinski definition) is 0. The van der Waals surface area contributed by atoms with Gasteiger partial charge in [-0.25, -0.2) is 19.2 Å². The molecule has 2 heterocycles. The van der Waals surface area contributed by atoms with Crippen molar-refractivity contribution in [1.29, 1.82) is 0 Å². The molecule has 0 N–H and O–H groups in total. The summed E-state index contributed by atoms with van der Waals surface area (Å²) in [5, 5.41) is -0.159. The number of benzene rings is 1. The number of halogens is 2. The molecule has 1 aliphatic heterocycles. The lowest BCUT2D eigenvalue weighted by molar-refractivity contribution is 0.115. The van der Waals surface area contributed by atoms with Gasteiger partial charge in [0.15, 0.2) is 0 Å². The number of allylic oxidation sites excluding steroid dienone is 5. The third kappa shape index (κ3) is 4.12. The van der Waals surface area contributed by atoms with E-state index in [2.05, 4.69) is 16.5 Å². The average molecular weight is 400 g/mol. The first-order valence-electron chi connectivity index (χ1n) is 8.67. The molecule has 0 saturated heterocycles. The second kappa shape index (κ2) is 8.35. The molecule has 1 aromatic heterocycles. The zero-order chi connectivity index (χ0) is 20.3. The summed E-state index contributed by atoms with van der Waals surface area (Å²) in [4.78, 5) is 22.3. The van der Waals surface area contributed by atoms with Crippen molar-refractivity contribution in [2.45, 2.75) is 26.4 Å². The number of nitrogens with zero attached hydrogens (tertiary/aromatic N) is 3. The highest BCUT2D eigenvalue weighted by Gasteiger charge is 2.32. The minimum absolute atomic E-state index is 0.159. The number of fused-ring (bicyclic) bond motifs is 1. The molecule has 1 aromatic carbocycles. The van der Waals surface area contributed by atoms with Crippen LogP contribution in [0.15, 0.2) is 66.2 Å². The molecule has 0 fully saturated rings. The molecule has 1 amide bonds. The van der Waals surface area contributed by atoms with Gasteiger partial charge in [0.05, 0.1) is 17.6 Å². The van der Waals surface area contributed by atoms with E-state index in [4.69, 9.17) is 16.3 Å². The Kier molecular flexibility index (Phi) is 5.90. The Bertz CT molecular complexity index is 973. The van der Waals surface area contributed by atoms with E-state index in [1.807, 2.05) is 13.0 Å². The molecule has 0 radical (unpaired) electrons. The standard InChI is InChI=1S/C21H19ClFN3O2/c1-4-15(11-18(23)13(2)22)16-6-7-19-17(10-16)14(3)26(21(27)28-19)12-20-24-8-5-9-25-20/h4-11,14H,2,12H2,1,3H3/b15-4+,18-11+. The summed E-state index contributed by atoms with van der Waals surface area (Å²) in [7, 11) is 0. The van der Waals surface area contributed by atoms with Crippen LogP contribution in [0.3, 0.4) is 0 Å². The summed E-state index contributed by atoms with van der Waals surface area (Å²) in [5.74, 6) is 0.397. The predicted molar refractivity (Wildman–Crippen MR) is 106 cm³/mol. The van der Waals surface area contributed by atoms with Gasteiger partial charge < -0.3 is 4.74 Å². The van der Waals surface area contributed by atoms with Crippen molar-refractivity contribution in [3.05, 3.63) is 83.2 Å². The fourth-order valence-corrected chi connectivity index (χ4v) is 2.99. The fraction of sp³-hybridized carbons (Fsp3) is 0.190. The van der Waals surface area contributed by atoms with Crippen molar-refractivity contribution in [2.24, 2.45) is 0 Å². The number of amides is 1. The average Bonchev–Trinajstić information content (AvgIpc) is 2.69. The van der Waals surface area contributed by atoms with Crippen LogP contribution in [0.5, 0.6) is 5.75 Å². The smallest absolute Gasteiger partial charge is 0.410 e. The van der Waals surface area contributed by atoms with E-state index in [0.29, 0.717) is 17.1 Å². The topological polar surface area (TPSA) is 55.3 Å². The van der Waals surface area contributed by atoms with E-state index < -0.39 is 11.9 Å². The second-order valence-electron chi connectivity index (χ2n) is 6.23. The van der Waals surface area contributed by atoms with Crippen LogP contribution in [0, 0.1) is 0 Å². The van der Waals surface area contributed by atoms with Crippen LogP contribution in [0.1, 0.15) is 36.8 Å². The summed E-state index contributed by atoms with van der Waals surface area (Å²) < 4.78 is 19.4. The summed E-state index contributed by atoms with van der Waals surface area (Å²) in [6.07, 6.45) is 5.88. The van der Waals surface area contributed by atoms with E-state index in [-0.39, 0.29) is 17.6 Å². The highest BCUT2D eigenvalue weighted by molar-refractivity contribution is 6.31. The molecule has 2 aromatic rings. The van der Waals surface area contributed by atoms with Crippen LogP contribution in [0.25, 0.3) is 5.57 Å². The van der Waals surface area contributed by atoms with Crippen molar-refractivity contribution in [3.8, 4) is 5.75 Å². The molecule has 1 unspecified atom stereocenters. The zero-order valence-corrected chi connectivity index (χ0v) is 16.3. The number of hydrogen-bond acceptors (Lipinski definition) is 4. The molecule has 0 saturated carbocycles. The van der Waals surface area contributed by atoms with Gasteiger partial charge in [-0.15, -0.1) is 0 Å². The van der Waals surface area contributed by atoms with Gasteiger partial charge in [0.2, 0.25) is 0 Å². The lowest BCUT2D eigenvalue weighted by Crippen LogP contribution is -2.39. The SMILES string of the molecule is C=C(Cl)/C(F)=C\C(=C/C)c1ccc2c(c1)C(C)N(Cc1ncccn1)C(=O)O2. The summed E-state index contributed by atoms with van der Waals surface area (Å²) >= 11 is 5.63. The van der Waals surface area contributed by atoms with Gasteiger partial charge in [-0.3, -0.25) is 4.90 Å². The third-order valence-electron chi connectivity index (χ3n) is 4.48. The van der Waals surface area contributed by atoms with Crippen LogP contribution in [0.4, 0.5) is 9.18 Å². The van der Waals surface area contributed by atoms with Crippen LogP contribution < -0.4 is 4.74 Å². The lowest BCUT2D eigenvalue weighted by atomic mass is 9.97. The maximum Gasteiger partial charge on any atom is 0.416 e. The number of rotatable bonds is 5. The highest BCUT2D eigenvalue weighted by Crippen LogP contribution is 2.37. The number of ether oxygens (including phenoxy) is 1. The molecule has 144 valence electrons. The third-order valence-corrected chi connectivity index (χ3v) is 4.66. The normalized spacial score (nSPS) is 17.2. The first-order valence-corrected chi connectivity index (χ1v) is 9.05. The van der Waals surface area contributed by atoms with Crippen molar-refractivity contribution in [3.63, 3.8) is 0 Å². The molecule has 0 aliphatic carbocycles. The minimum Gasteiger partial charge on any atom is -0.410 e. The monoisotopic (exact) mass is 399 g/mol. The van der Waals surface area contributed by atoms with Crippen molar-refractivity contribution in [1.82, 2.24) is 14.9 Å². The molecule has 5 nitrogen and oxygen atoms in total. The Morgan fingerprint density at radius 2 is 2.11 bits per heavy atom. The second-order valence-corrected chi connectivity index (χ2v) is 6.69. The number of carbonyl (C=O) groups excluding carboxylic acids is 1. The van der Waals surface area contributed by atoms with Gasteiger partial charge in [0.1, 0.15) is 17.4 Å². The zero-order valence-electron chi connectivity index (χ0n) is 15.5. The molecule has 1 aliphatic rings. The molecular weight excluding hydrogens is 381 g/mol. The van der Waals surface area contributed by atoms with Gasteiger partial charge in [-0.05, 0) is 49.3 Å². The van der Waals surface area contributed by atoms with Gasteiger partial charge in [-0.1, -0.05) is 30.3 Å². The van der Waals surface area contributed by atoms with Crippen molar-refractivity contribution < 1.29 is 13.9 Å². The Hall–Kier alpha value is -2.99. The van der Waals surface area contributed by atoms with Crippen LogP contribution in [-0.4, -0.2) is 21.0 Å². The largest absolute Gasteiger partial charge is 0.416 e. The van der Waals surface area contributed by atoms with Crippen molar-refractivity contribution >= 4 is 23.3 Å². The molecular formula is C21H19ClFN3O2. The number of aromatic nitrogens is 2. The Balaban J connectivity index is 1.94. The number of carbonyl (C=O) groups is 1. The van der Waals surface area contributed by atoms with Crippen LogP contribution in [-0.2, 0) is 6.54 Å². The minimum atomic E-state index is -0.602. The van der Waals surface area contributed by atoms with Crippen LogP contribution in [0.2, 0.25) is 0 Å². The lowest BCUT2D eigenvalue weighted by Gasteiger charge is -2.33. The molecule has 7 heteroatoms. The van der Waals surface area contributed by atoms with Crippen LogP contribution >= 0.6 is 11.6 Å². The van der Waals surface area contributed by atoms with Gasteiger partial charge in [0, 0.05) is 18.0 Å². The quantitative estimate of drug-likeness (QED) is 0.617. The van der Waals surface area contributed by atoms with Gasteiger partial charge in [0.25, 0.3) is 0 Å². The molecule has 0 bridgehead atoms. The maximum absolute atomic E-state index is 13.9. The van der Waals surface area contributed by atoms with Gasteiger partial charge >= 0.3 is 6.09 Å². The maximum atomic E-state index is 13.9. The van der Waals surface area contributed by atoms with E-state index in [9.17, 15) is 9.18 Å². The first kappa shape index (κ1) is 19.8. The van der Waals surface area contributed by atoms with E-state index in [1.165, 1.54) is 6.08 Å². The predicted octanol–water partition coefficient (Wildman–Crippen LogP) is 5.56. The highest BCUT2D eigenvalue weighted by atomic mass is 35.5. The van der Waals surface area contributed by atoms with Gasteiger partial charge in [-0.2, -0.15) is 0 Å². The Morgan fingerprint density at radius 1 is 1.39 bits per heavy atom. The van der Waals surface area contributed by atoms with Crippen molar-refractivity contribution in [2.75, 3.05) is 0 Å². The van der Waals surface area contributed by atoms with E-state index in [1.54, 1.807) is 48.5 Å². The molecule has 3 rings (SSSR count).